The Morgan fingerprint density at radius 1 is 0.507 bits per heavy atom. The van der Waals surface area contributed by atoms with Crippen LogP contribution in [0.4, 0.5) is 34.6 Å². The number of unbranched alkanes of at least 4 members (excludes halogenated alkanes) is 17. The van der Waals surface area contributed by atoms with E-state index in [1.807, 2.05) is 12.1 Å². The molecule has 69 heavy (non-hydrogen) atoms. The molecule has 0 aliphatic rings. The minimum absolute atomic E-state index is 0.0779. The van der Waals surface area contributed by atoms with Gasteiger partial charge in [0.25, 0.3) is 0 Å². The van der Waals surface area contributed by atoms with Gasteiger partial charge in [0, 0.05) is 6.21 Å². The lowest BCUT2D eigenvalue weighted by Gasteiger charge is -2.10. The highest BCUT2D eigenvalue weighted by atomic mass is 19.2. The Balaban J connectivity index is 1.07. The SMILES string of the molecule is CCCCCCCCCCCCc1ccc(N=Nc2ccc(OC(=O)c3cccc(N=Cc4ccc(OC(=O)c5ccc(OCCCCCCCCCCC)c(F)c5F)cc4)c3C)c(F)c2F)cc1. The quantitative estimate of drug-likeness (QED) is 0.0114. The normalized spacial score (nSPS) is 11.5. The number of aryl methyl sites for hydroxylation is 1. The summed E-state index contributed by atoms with van der Waals surface area (Å²) in [6.45, 7) is 6.31. The van der Waals surface area contributed by atoms with Crippen LogP contribution in [0.5, 0.6) is 17.2 Å². The summed E-state index contributed by atoms with van der Waals surface area (Å²) in [5.74, 6) is -8.08. The third-order valence-electron chi connectivity index (χ3n) is 12.0. The number of hydrogen-bond acceptors (Lipinski definition) is 8. The molecule has 0 aliphatic carbocycles. The van der Waals surface area contributed by atoms with Crippen LogP contribution < -0.4 is 14.2 Å². The second-order valence-corrected chi connectivity index (χ2v) is 17.5. The van der Waals surface area contributed by atoms with Gasteiger partial charge in [-0.3, -0.25) is 4.99 Å². The van der Waals surface area contributed by atoms with Crippen molar-refractivity contribution < 1.29 is 41.4 Å². The standard InChI is InChI=1S/C57H67F4N3O5/c1-4-6-8-10-12-14-15-17-19-21-24-42-27-31-44(32-28-42)63-64-49-36-38-51(55(61)53(49)59)69-56(65)46-25-23-26-48(41(46)3)62-40-43-29-33-45(34-30-43)68-57(66)47-35-37-50(54(60)52(47)58)67-39-22-20-18-16-13-11-9-7-5-2/h23,25-38,40H,4-22,24,39H2,1-3H3. The highest BCUT2D eigenvalue weighted by Gasteiger charge is 2.22. The monoisotopic (exact) mass is 950 g/mol. The average molecular weight is 950 g/mol. The zero-order chi connectivity index (χ0) is 49.2. The molecule has 0 atom stereocenters. The number of nitrogens with zero attached hydrogens (tertiary/aromatic N) is 3. The Morgan fingerprint density at radius 3 is 1.71 bits per heavy atom. The summed E-state index contributed by atoms with van der Waals surface area (Å²) >= 11 is 0. The van der Waals surface area contributed by atoms with E-state index in [1.165, 1.54) is 132 Å². The molecule has 368 valence electrons. The van der Waals surface area contributed by atoms with Crippen molar-refractivity contribution in [3.8, 4) is 17.2 Å². The first-order valence-corrected chi connectivity index (χ1v) is 24.9. The van der Waals surface area contributed by atoms with Gasteiger partial charge in [0.05, 0.1) is 29.1 Å². The number of esters is 2. The van der Waals surface area contributed by atoms with Gasteiger partial charge in [-0.25, -0.2) is 18.4 Å². The van der Waals surface area contributed by atoms with Crippen molar-refractivity contribution in [2.45, 2.75) is 149 Å². The topological polar surface area (TPSA) is 98.9 Å². The molecule has 0 bridgehead atoms. The largest absolute Gasteiger partial charge is 0.490 e. The van der Waals surface area contributed by atoms with Gasteiger partial charge in [0.2, 0.25) is 11.6 Å². The van der Waals surface area contributed by atoms with Crippen molar-refractivity contribution in [1.82, 2.24) is 0 Å². The lowest BCUT2D eigenvalue weighted by atomic mass is 10.0. The minimum Gasteiger partial charge on any atom is -0.490 e. The van der Waals surface area contributed by atoms with Gasteiger partial charge in [0.15, 0.2) is 23.1 Å². The zero-order valence-electron chi connectivity index (χ0n) is 40.5. The number of azo groups is 1. The number of benzene rings is 5. The first-order chi connectivity index (χ1) is 33.6. The summed E-state index contributed by atoms with van der Waals surface area (Å²) in [6, 6.07) is 23.0. The van der Waals surface area contributed by atoms with Crippen LogP contribution in [0, 0.1) is 30.2 Å². The van der Waals surface area contributed by atoms with E-state index >= 15 is 8.78 Å². The molecule has 0 saturated carbocycles. The summed E-state index contributed by atoms with van der Waals surface area (Å²) in [5, 5.41) is 7.98. The predicted octanol–water partition coefficient (Wildman–Crippen LogP) is 17.5. The van der Waals surface area contributed by atoms with Crippen molar-refractivity contribution in [3.63, 3.8) is 0 Å². The van der Waals surface area contributed by atoms with Gasteiger partial charge >= 0.3 is 11.9 Å². The van der Waals surface area contributed by atoms with Crippen molar-refractivity contribution >= 4 is 35.2 Å². The molecule has 5 aromatic carbocycles. The van der Waals surface area contributed by atoms with Crippen LogP contribution in [-0.4, -0.2) is 24.8 Å². The third kappa shape index (κ3) is 17.7. The van der Waals surface area contributed by atoms with E-state index in [2.05, 4.69) is 29.1 Å². The van der Waals surface area contributed by atoms with Gasteiger partial charge in [-0.1, -0.05) is 141 Å². The van der Waals surface area contributed by atoms with Crippen LogP contribution in [0.2, 0.25) is 0 Å². The summed E-state index contributed by atoms with van der Waals surface area (Å²) in [4.78, 5) is 30.5. The maximum Gasteiger partial charge on any atom is 0.346 e. The molecule has 5 rings (SSSR count). The van der Waals surface area contributed by atoms with Crippen LogP contribution in [0.1, 0.15) is 173 Å². The number of carbonyl (C=O) groups excluding carboxylic acids is 2. The number of ether oxygens (including phenoxy) is 3. The highest BCUT2D eigenvalue weighted by Crippen LogP contribution is 2.31. The van der Waals surface area contributed by atoms with Crippen molar-refractivity contribution in [1.29, 1.82) is 0 Å². The van der Waals surface area contributed by atoms with Gasteiger partial charge < -0.3 is 14.2 Å². The Labute approximate surface area is 405 Å². The van der Waals surface area contributed by atoms with Crippen molar-refractivity contribution in [2.75, 3.05) is 6.61 Å². The molecule has 12 heteroatoms. The number of aliphatic imine (C=N–C) groups is 1. The second kappa shape index (κ2) is 29.7. The maximum atomic E-state index is 15.2. The average Bonchev–Trinajstić information content (AvgIpc) is 3.35. The van der Waals surface area contributed by atoms with E-state index in [9.17, 15) is 18.4 Å². The molecule has 5 aromatic rings. The van der Waals surface area contributed by atoms with Crippen LogP contribution in [-0.2, 0) is 6.42 Å². The molecule has 0 radical (unpaired) electrons. The summed E-state index contributed by atoms with van der Waals surface area (Å²) in [6.07, 6.45) is 25.3. The Kier molecular flexibility index (Phi) is 23.1. The molecule has 0 saturated heterocycles. The second-order valence-electron chi connectivity index (χ2n) is 17.5. The summed E-state index contributed by atoms with van der Waals surface area (Å²) in [7, 11) is 0. The fourth-order valence-electron chi connectivity index (χ4n) is 7.80. The molecule has 0 aliphatic heterocycles. The van der Waals surface area contributed by atoms with E-state index in [0.717, 1.165) is 44.2 Å². The molecule has 8 nitrogen and oxygen atoms in total. The number of hydrogen-bond donors (Lipinski definition) is 0. The molecule has 0 unspecified atom stereocenters. The lowest BCUT2D eigenvalue weighted by molar-refractivity contribution is 0.0717. The van der Waals surface area contributed by atoms with Crippen LogP contribution in [0.15, 0.2) is 106 Å². The predicted molar refractivity (Wildman–Crippen MR) is 266 cm³/mol. The Bertz CT molecular complexity index is 2440. The smallest absolute Gasteiger partial charge is 0.346 e. The van der Waals surface area contributed by atoms with E-state index in [-0.39, 0.29) is 29.4 Å². The van der Waals surface area contributed by atoms with Gasteiger partial charge in [-0.2, -0.15) is 13.9 Å². The molecular weight excluding hydrogens is 883 g/mol. The first kappa shape index (κ1) is 53.8. The first-order valence-electron chi connectivity index (χ1n) is 24.9. The van der Waals surface area contributed by atoms with E-state index in [1.54, 1.807) is 43.3 Å². The molecule has 0 fully saturated rings. The van der Waals surface area contributed by atoms with Gasteiger partial charge in [-0.15, -0.1) is 5.11 Å². The molecule has 0 aromatic heterocycles. The summed E-state index contributed by atoms with van der Waals surface area (Å²) < 4.78 is 76.1. The van der Waals surface area contributed by atoms with E-state index < -0.39 is 46.5 Å². The molecular formula is C57H67F4N3O5. The van der Waals surface area contributed by atoms with E-state index in [0.29, 0.717) is 28.9 Å². The highest BCUT2D eigenvalue weighted by molar-refractivity contribution is 5.95. The lowest BCUT2D eigenvalue weighted by Crippen LogP contribution is -2.12. The number of halogens is 4. The maximum absolute atomic E-state index is 15.2. The minimum atomic E-state index is -1.38. The fourth-order valence-corrected chi connectivity index (χ4v) is 7.80. The van der Waals surface area contributed by atoms with E-state index in [4.69, 9.17) is 14.2 Å². The van der Waals surface area contributed by atoms with Crippen molar-refractivity contribution in [2.24, 2.45) is 15.2 Å². The van der Waals surface area contributed by atoms with Gasteiger partial charge in [0.1, 0.15) is 11.4 Å². The molecule has 0 N–H and O–H groups in total. The molecule has 0 heterocycles. The summed E-state index contributed by atoms with van der Waals surface area (Å²) in [5.41, 5.74) is 2.23. The van der Waals surface area contributed by atoms with Crippen LogP contribution >= 0.6 is 0 Å². The zero-order valence-corrected chi connectivity index (χ0v) is 40.5. The fraction of sp³-hybridized carbons (Fsp3) is 0.421. The number of rotatable bonds is 30. The Hall–Kier alpha value is -6.17. The van der Waals surface area contributed by atoms with Crippen molar-refractivity contribution in [3.05, 3.63) is 142 Å². The van der Waals surface area contributed by atoms with Gasteiger partial charge in [-0.05, 0) is 116 Å². The molecule has 0 amide bonds. The third-order valence-corrected chi connectivity index (χ3v) is 12.0. The van der Waals surface area contributed by atoms with Crippen LogP contribution in [0.3, 0.4) is 0 Å². The Morgan fingerprint density at radius 2 is 1.07 bits per heavy atom. The molecule has 0 spiro atoms. The van der Waals surface area contributed by atoms with Crippen LogP contribution in [0.25, 0.3) is 0 Å². The number of carbonyl (C=O) groups is 2.